The normalized spacial score (nSPS) is 21.2. The summed E-state index contributed by atoms with van der Waals surface area (Å²) in [5.41, 5.74) is 1.37. The van der Waals surface area contributed by atoms with Crippen molar-refractivity contribution in [3.05, 3.63) is 35.9 Å². The van der Waals surface area contributed by atoms with Gasteiger partial charge in [0.1, 0.15) is 6.54 Å². The van der Waals surface area contributed by atoms with E-state index in [9.17, 15) is 4.79 Å². The maximum atomic E-state index is 12.0. The van der Waals surface area contributed by atoms with Gasteiger partial charge in [0.05, 0.1) is 0 Å². The van der Waals surface area contributed by atoms with Crippen LogP contribution in [-0.4, -0.2) is 79.0 Å². The molecule has 1 atom stereocenters. The van der Waals surface area contributed by atoms with E-state index in [1.807, 2.05) is 11.8 Å². The van der Waals surface area contributed by atoms with Crippen LogP contribution in [0.15, 0.2) is 35.3 Å². The van der Waals surface area contributed by atoms with E-state index in [-0.39, 0.29) is 12.5 Å². The third kappa shape index (κ3) is 7.55. The molecular weight excluding hydrogens is 382 g/mol. The Bertz CT molecular complexity index is 652. The van der Waals surface area contributed by atoms with Crippen LogP contribution in [-0.2, 0) is 11.3 Å². The Morgan fingerprint density at radius 2 is 1.97 bits per heavy atom. The zero-order valence-corrected chi connectivity index (χ0v) is 18.6. The number of nitrogens with zero attached hydrogens (tertiary/aromatic N) is 3. The van der Waals surface area contributed by atoms with Crippen molar-refractivity contribution in [2.24, 2.45) is 4.99 Å². The number of hydrogen-bond donors (Lipinski definition) is 2. The molecule has 3 rings (SSSR count). The molecule has 1 aromatic rings. The predicted octanol–water partition coefficient (Wildman–Crippen LogP) is 2.17. The fourth-order valence-electron chi connectivity index (χ4n) is 3.73. The van der Waals surface area contributed by atoms with E-state index in [0.717, 1.165) is 45.0 Å². The summed E-state index contributed by atoms with van der Waals surface area (Å²) in [6, 6.07) is 11.1. The standard InChI is InChI=1S/C22H35N5OS/c1-26(2)21(28)16-24-22(23-15-20-9-6-14-29-20)25-19-10-12-27(13-11-19)17-18-7-4-3-5-8-18/h3-5,7-8,19-20H,6,9-17H2,1-2H3,(H2,23,24,25). The second-order valence-electron chi connectivity index (χ2n) is 8.15. The Kier molecular flexibility index (Phi) is 8.68. The number of rotatable bonds is 7. The lowest BCUT2D eigenvalue weighted by Crippen LogP contribution is -2.49. The predicted molar refractivity (Wildman–Crippen MR) is 122 cm³/mol. The van der Waals surface area contributed by atoms with Gasteiger partial charge < -0.3 is 15.5 Å². The average Bonchev–Trinajstić information content (AvgIpc) is 3.25. The topological polar surface area (TPSA) is 60.0 Å². The van der Waals surface area contributed by atoms with Crippen LogP contribution in [0.4, 0.5) is 0 Å². The number of guanidine groups is 1. The number of likely N-dealkylation sites (tertiary alicyclic amines) is 1. The van der Waals surface area contributed by atoms with Crippen molar-refractivity contribution in [1.29, 1.82) is 0 Å². The Balaban J connectivity index is 1.48. The number of benzene rings is 1. The van der Waals surface area contributed by atoms with Crippen molar-refractivity contribution < 1.29 is 4.79 Å². The molecule has 2 aliphatic rings. The SMILES string of the molecule is CN(C)C(=O)CN=C(NCC1CCCS1)NC1CCN(Cc2ccccc2)CC1. The average molecular weight is 418 g/mol. The maximum Gasteiger partial charge on any atom is 0.243 e. The summed E-state index contributed by atoms with van der Waals surface area (Å²) in [6.45, 7) is 4.28. The van der Waals surface area contributed by atoms with Gasteiger partial charge in [0.2, 0.25) is 5.91 Å². The molecule has 0 saturated carbocycles. The highest BCUT2D eigenvalue weighted by Gasteiger charge is 2.21. The smallest absolute Gasteiger partial charge is 0.243 e. The van der Waals surface area contributed by atoms with Gasteiger partial charge in [-0.3, -0.25) is 9.69 Å². The molecular formula is C22H35N5OS. The highest BCUT2D eigenvalue weighted by atomic mass is 32.2. The van der Waals surface area contributed by atoms with Crippen molar-refractivity contribution >= 4 is 23.6 Å². The van der Waals surface area contributed by atoms with Crippen molar-refractivity contribution in [1.82, 2.24) is 20.4 Å². The molecule has 0 bridgehead atoms. The first-order valence-electron chi connectivity index (χ1n) is 10.7. The Morgan fingerprint density at radius 1 is 1.21 bits per heavy atom. The van der Waals surface area contributed by atoms with Gasteiger partial charge in [-0.15, -0.1) is 0 Å². The van der Waals surface area contributed by atoms with Crippen molar-refractivity contribution in [3.63, 3.8) is 0 Å². The van der Waals surface area contributed by atoms with Crippen molar-refractivity contribution in [3.8, 4) is 0 Å². The quantitative estimate of drug-likeness (QED) is 0.526. The van der Waals surface area contributed by atoms with Crippen LogP contribution in [0.2, 0.25) is 0 Å². The van der Waals surface area contributed by atoms with Crippen LogP contribution in [0.3, 0.4) is 0 Å². The molecule has 0 radical (unpaired) electrons. The molecule has 2 heterocycles. The molecule has 2 fully saturated rings. The highest BCUT2D eigenvalue weighted by Crippen LogP contribution is 2.25. The lowest BCUT2D eigenvalue weighted by Gasteiger charge is -2.33. The Morgan fingerprint density at radius 3 is 2.62 bits per heavy atom. The fourth-order valence-corrected chi connectivity index (χ4v) is 4.93. The molecule has 160 valence electrons. The van der Waals surface area contributed by atoms with Crippen LogP contribution in [0.5, 0.6) is 0 Å². The lowest BCUT2D eigenvalue weighted by atomic mass is 10.0. The maximum absolute atomic E-state index is 12.0. The molecule has 29 heavy (non-hydrogen) atoms. The van der Waals surface area contributed by atoms with Crippen molar-refractivity contribution in [2.75, 3.05) is 46.0 Å². The molecule has 1 amide bonds. The highest BCUT2D eigenvalue weighted by molar-refractivity contribution is 8.00. The van der Waals surface area contributed by atoms with Crippen LogP contribution < -0.4 is 10.6 Å². The summed E-state index contributed by atoms with van der Waals surface area (Å²) in [5.74, 6) is 2.07. The van der Waals surface area contributed by atoms with E-state index < -0.39 is 0 Å². The summed E-state index contributed by atoms with van der Waals surface area (Å²) < 4.78 is 0. The molecule has 0 aliphatic carbocycles. The third-order valence-corrected chi connectivity index (χ3v) is 6.97. The first-order valence-corrected chi connectivity index (χ1v) is 11.8. The van der Waals surface area contributed by atoms with Gasteiger partial charge in [-0.2, -0.15) is 11.8 Å². The minimum absolute atomic E-state index is 0.0269. The Labute approximate surface area is 179 Å². The summed E-state index contributed by atoms with van der Waals surface area (Å²) in [7, 11) is 3.55. The molecule has 1 aromatic carbocycles. The molecule has 6 nitrogen and oxygen atoms in total. The minimum atomic E-state index is 0.0269. The molecule has 0 aromatic heterocycles. The van der Waals surface area contributed by atoms with Crippen LogP contribution >= 0.6 is 11.8 Å². The van der Waals surface area contributed by atoms with E-state index >= 15 is 0 Å². The number of amides is 1. The molecule has 2 saturated heterocycles. The van der Waals surface area contributed by atoms with Crippen LogP contribution in [0.25, 0.3) is 0 Å². The number of carbonyl (C=O) groups excluding carboxylic acids is 1. The number of thioether (sulfide) groups is 1. The zero-order chi connectivity index (χ0) is 20.5. The first kappa shape index (κ1) is 22.0. The van der Waals surface area contributed by atoms with Gasteiger partial charge in [-0.1, -0.05) is 30.3 Å². The number of piperidine rings is 1. The van der Waals surface area contributed by atoms with Gasteiger partial charge >= 0.3 is 0 Å². The monoisotopic (exact) mass is 417 g/mol. The van der Waals surface area contributed by atoms with E-state index in [1.165, 1.54) is 24.2 Å². The lowest BCUT2D eigenvalue weighted by molar-refractivity contribution is -0.127. The van der Waals surface area contributed by atoms with Crippen LogP contribution in [0.1, 0.15) is 31.2 Å². The van der Waals surface area contributed by atoms with Gasteiger partial charge in [0, 0.05) is 51.6 Å². The fraction of sp³-hybridized carbons (Fsp3) is 0.636. The molecule has 0 spiro atoms. The van der Waals surface area contributed by atoms with E-state index in [2.05, 4.69) is 50.9 Å². The van der Waals surface area contributed by atoms with Crippen molar-refractivity contribution in [2.45, 2.75) is 43.5 Å². The number of hydrogen-bond acceptors (Lipinski definition) is 4. The number of carbonyl (C=O) groups is 1. The van der Waals surface area contributed by atoms with E-state index in [4.69, 9.17) is 0 Å². The summed E-state index contributed by atoms with van der Waals surface area (Å²) >= 11 is 2.03. The molecule has 2 N–H and O–H groups in total. The summed E-state index contributed by atoms with van der Waals surface area (Å²) in [4.78, 5) is 20.6. The molecule has 1 unspecified atom stereocenters. The number of likely N-dealkylation sites (N-methyl/N-ethyl adjacent to an activating group) is 1. The Hall–Kier alpha value is -1.73. The third-order valence-electron chi connectivity index (χ3n) is 5.57. The molecule has 2 aliphatic heterocycles. The summed E-state index contributed by atoms with van der Waals surface area (Å²) in [5, 5.41) is 7.73. The zero-order valence-electron chi connectivity index (χ0n) is 17.8. The largest absolute Gasteiger partial charge is 0.355 e. The summed E-state index contributed by atoms with van der Waals surface area (Å²) in [6.07, 6.45) is 4.75. The molecule has 7 heteroatoms. The second-order valence-corrected chi connectivity index (χ2v) is 9.56. The van der Waals surface area contributed by atoms with Crippen LogP contribution in [0, 0.1) is 0 Å². The van der Waals surface area contributed by atoms with E-state index in [0.29, 0.717) is 11.3 Å². The van der Waals surface area contributed by atoms with Gasteiger partial charge in [0.25, 0.3) is 0 Å². The first-order chi connectivity index (χ1) is 14.1. The van der Waals surface area contributed by atoms with Gasteiger partial charge in [0.15, 0.2) is 5.96 Å². The van der Waals surface area contributed by atoms with Gasteiger partial charge in [-0.05, 0) is 37.0 Å². The number of nitrogens with one attached hydrogen (secondary N) is 2. The van der Waals surface area contributed by atoms with Gasteiger partial charge in [-0.25, -0.2) is 4.99 Å². The minimum Gasteiger partial charge on any atom is -0.355 e. The van der Waals surface area contributed by atoms with E-state index in [1.54, 1.807) is 19.0 Å². The second kappa shape index (κ2) is 11.5. The number of aliphatic imine (C=N–C) groups is 1.